The third kappa shape index (κ3) is 4.02. The van der Waals surface area contributed by atoms with Crippen LogP contribution in [0.1, 0.15) is 31.7 Å². The molecular weight excluding hydrogens is 254 g/mol. The molecule has 0 amide bonds. The van der Waals surface area contributed by atoms with Crippen LogP contribution in [0.15, 0.2) is 24.3 Å². The van der Waals surface area contributed by atoms with Crippen molar-refractivity contribution in [1.29, 1.82) is 0 Å². The number of nitrogens with one attached hydrogen (secondary N) is 1. The molecule has 20 heavy (non-hydrogen) atoms. The molecule has 0 aromatic heterocycles. The first kappa shape index (κ1) is 14.9. The molecule has 1 aromatic carbocycles. The standard InChI is InChI=1S/C15H23N3O2/c1-2-16-11-15-5-3-4-10-17(15)12-13-6-8-14(9-7-13)18(19)20/h6-9,15-16H,2-5,10-12H2,1H3. The van der Waals surface area contributed by atoms with Crippen LogP contribution in [-0.4, -0.2) is 35.5 Å². The molecule has 1 aliphatic heterocycles. The van der Waals surface area contributed by atoms with Gasteiger partial charge in [-0.3, -0.25) is 15.0 Å². The van der Waals surface area contributed by atoms with Crippen LogP contribution in [0, 0.1) is 10.1 Å². The Hall–Kier alpha value is -1.46. The zero-order chi connectivity index (χ0) is 14.4. The summed E-state index contributed by atoms with van der Waals surface area (Å²) in [6.07, 6.45) is 3.78. The minimum atomic E-state index is -0.349. The zero-order valence-electron chi connectivity index (χ0n) is 12.0. The lowest BCUT2D eigenvalue weighted by Crippen LogP contribution is -2.44. The topological polar surface area (TPSA) is 58.4 Å². The Morgan fingerprint density at radius 2 is 2.10 bits per heavy atom. The van der Waals surface area contributed by atoms with E-state index in [2.05, 4.69) is 17.1 Å². The number of likely N-dealkylation sites (tertiary alicyclic amines) is 1. The summed E-state index contributed by atoms with van der Waals surface area (Å²) in [5.41, 5.74) is 1.32. The second-order valence-corrected chi connectivity index (χ2v) is 5.35. The number of piperidine rings is 1. The summed E-state index contributed by atoms with van der Waals surface area (Å²) >= 11 is 0. The molecule has 1 atom stereocenters. The van der Waals surface area contributed by atoms with E-state index in [9.17, 15) is 10.1 Å². The van der Waals surface area contributed by atoms with Crippen molar-refractivity contribution < 1.29 is 4.92 Å². The van der Waals surface area contributed by atoms with E-state index >= 15 is 0 Å². The lowest BCUT2D eigenvalue weighted by Gasteiger charge is -2.36. The van der Waals surface area contributed by atoms with Crippen LogP contribution < -0.4 is 5.32 Å². The Kier molecular flexibility index (Phi) is 5.49. The van der Waals surface area contributed by atoms with Gasteiger partial charge in [0.25, 0.3) is 5.69 Å². The first-order valence-electron chi connectivity index (χ1n) is 7.39. The number of nitrogens with zero attached hydrogens (tertiary/aromatic N) is 2. The Morgan fingerprint density at radius 1 is 1.35 bits per heavy atom. The second kappa shape index (κ2) is 7.36. The largest absolute Gasteiger partial charge is 0.315 e. The normalized spacial score (nSPS) is 19.9. The van der Waals surface area contributed by atoms with E-state index in [0.29, 0.717) is 6.04 Å². The molecule has 1 heterocycles. The monoisotopic (exact) mass is 277 g/mol. The van der Waals surface area contributed by atoms with Gasteiger partial charge in [-0.1, -0.05) is 25.5 Å². The van der Waals surface area contributed by atoms with Crippen LogP contribution in [0.2, 0.25) is 0 Å². The number of non-ortho nitro benzene ring substituents is 1. The lowest BCUT2D eigenvalue weighted by molar-refractivity contribution is -0.384. The maximum atomic E-state index is 10.7. The summed E-state index contributed by atoms with van der Waals surface area (Å²) < 4.78 is 0. The van der Waals surface area contributed by atoms with Crippen molar-refractivity contribution >= 4 is 5.69 Å². The molecule has 0 saturated carbocycles. The number of benzene rings is 1. The molecule has 1 fully saturated rings. The van der Waals surface area contributed by atoms with E-state index in [0.717, 1.165) is 31.7 Å². The number of hydrogen-bond acceptors (Lipinski definition) is 4. The van der Waals surface area contributed by atoms with Gasteiger partial charge in [0, 0.05) is 31.3 Å². The predicted molar refractivity (Wildman–Crippen MR) is 79.7 cm³/mol. The van der Waals surface area contributed by atoms with Crippen LogP contribution in [0.3, 0.4) is 0 Å². The fourth-order valence-electron chi connectivity index (χ4n) is 2.77. The maximum absolute atomic E-state index is 10.7. The Balaban J connectivity index is 1.97. The van der Waals surface area contributed by atoms with Crippen LogP contribution in [-0.2, 0) is 6.54 Å². The highest BCUT2D eigenvalue weighted by Crippen LogP contribution is 2.20. The van der Waals surface area contributed by atoms with Gasteiger partial charge in [-0.15, -0.1) is 0 Å². The van der Waals surface area contributed by atoms with Crippen LogP contribution in [0.5, 0.6) is 0 Å². The molecular formula is C15H23N3O2. The van der Waals surface area contributed by atoms with Gasteiger partial charge in [0.2, 0.25) is 0 Å². The summed E-state index contributed by atoms with van der Waals surface area (Å²) in [5, 5.41) is 14.1. The molecule has 1 saturated heterocycles. The van der Waals surface area contributed by atoms with Gasteiger partial charge in [0.1, 0.15) is 0 Å². The van der Waals surface area contributed by atoms with Gasteiger partial charge in [-0.2, -0.15) is 0 Å². The van der Waals surface area contributed by atoms with Crippen molar-refractivity contribution in [2.24, 2.45) is 0 Å². The van der Waals surface area contributed by atoms with E-state index in [1.54, 1.807) is 12.1 Å². The number of hydrogen-bond donors (Lipinski definition) is 1. The van der Waals surface area contributed by atoms with Crippen molar-refractivity contribution in [2.45, 2.75) is 38.8 Å². The summed E-state index contributed by atoms with van der Waals surface area (Å²) in [4.78, 5) is 12.8. The highest BCUT2D eigenvalue weighted by molar-refractivity contribution is 5.32. The van der Waals surface area contributed by atoms with Crippen LogP contribution >= 0.6 is 0 Å². The van der Waals surface area contributed by atoms with Gasteiger partial charge in [-0.05, 0) is 31.5 Å². The number of likely N-dealkylation sites (N-methyl/N-ethyl adjacent to an activating group) is 1. The maximum Gasteiger partial charge on any atom is 0.269 e. The van der Waals surface area contributed by atoms with Crippen molar-refractivity contribution in [3.63, 3.8) is 0 Å². The molecule has 5 heteroatoms. The molecule has 0 radical (unpaired) electrons. The lowest BCUT2D eigenvalue weighted by atomic mass is 10.0. The first-order chi connectivity index (χ1) is 9.70. The molecule has 1 N–H and O–H groups in total. The quantitative estimate of drug-likeness (QED) is 0.641. The Labute approximate surface area is 120 Å². The molecule has 1 unspecified atom stereocenters. The van der Waals surface area contributed by atoms with E-state index in [4.69, 9.17) is 0 Å². The molecule has 2 rings (SSSR count). The summed E-state index contributed by atoms with van der Waals surface area (Å²) in [6, 6.07) is 7.52. The smallest absolute Gasteiger partial charge is 0.269 e. The summed E-state index contributed by atoms with van der Waals surface area (Å²) in [7, 11) is 0. The molecule has 0 spiro atoms. The van der Waals surface area contributed by atoms with E-state index in [1.807, 2.05) is 12.1 Å². The third-order valence-corrected chi connectivity index (χ3v) is 3.91. The highest BCUT2D eigenvalue weighted by Gasteiger charge is 2.21. The zero-order valence-corrected chi connectivity index (χ0v) is 12.0. The summed E-state index contributed by atoms with van der Waals surface area (Å²) in [6.45, 7) is 6.16. The number of nitro benzene ring substituents is 1. The molecule has 1 aromatic rings. The molecule has 0 bridgehead atoms. The van der Waals surface area contributed by atoms with Gasteiger partial charge in [0.05, 0.1) is 4.92 Å². The average molecular weight is 277 g/mol. The highest BCUT2D eigenvalue weighted by atomic mass is 16.6. The van der Waals surface area contributed by atoms with E-state index in [1.165, 1.54) is 19.3 Å². The van der Waals surface area contributed by atoms with Crippen molar-refractivity contribution in [1.82, 2.24) is 10.2 Å². The van der Waals surface area contributed by atoms with E-state index in [-0.39, 0.29) is 10.6 Å². The fraction of sp³-hybridized carbons (Fsp3) is 0.600. The van der Waals surface area contributed by atoms with Gasteiger partial charge in [0.15, 0.2) is 0 Å². The fourth-order valence-corrected chi connectivity index (χ4v) is 2.77. The van der Waals surface area contributed by atoms with Crippen LogP contribution in [0.25, 0.3) is 0 Å². The van der Waals surface area contributed by atoms with Crippen molar-refractivity contribution in [3.8, 4) is 0 Å². The Morgan fingerprint density at radius 3 is 2.75 bits per heavy atom. The van der Waals surface area contributed by atoms with Crippen molar-refractivity contribution in [3.05, 3.63) is 39.9 Å². The molecule has 110 valence electrons. The third-order valence-electron chi connectivity index (χ3n) is 3.91. The minimum Gasteiger partial charge on any atom is -0.315 e. The van der Waals surface area contributed by atoms with Crippen molar-refractivity contribution in [2.75, 3.05) is 19.6 Å². The average Bonchev–Trinajstić information content (AvgIpc) is 2.47. The Bertz CT molecular complexity index is 433. The van der Waals surface area contributed by atoms with Crippen LogP contribution in [0.4, 0.5) is 5.69 Å². The molecule has 0 aliphatic carbocycles. The van der Waals surface area contributed by atoms with Gasteiger partial charge < -0.3 is 5.32 Å². The minimum absolute atomic E-state index is 0.164. The molecule has 5 nitrogen and oxygen atoms in total. The summed E-state index contributed by atoms with van der Waals surface area (Å²) in [5.74, 6) is 0. The predicted octanol–water partition coefficient (Wildman–Crippen LogP) is 2.56. The van der Waals surface area contributed by atoms with E-state index < -0.39 is 0 Å². The SMILES string of the molecule is CCNCC1CCCCN1Cc1ccc([N+](=O)[O-])cc1. The number of rotatable bonds is 6. The molecule has 1 aliphatic rings. The second-order valence-electron chi connectivity index (χ2n) is 5.35. The first-order valence-corrected chi connectivity index (χ1v) is 7.39. The van der Waals surface area contributed by atoms with Gasteiger partial charge >= 0.3 is 0 Å². The van der Waals surface area contributed by atoms with Gasteiger partial charge in [-0.25, -0.2) is 0 Å². The number of nitro groups is 1.